The Morgan fingerprint density at radius 2 is 1.59 bits per heavy atom. The van der Waals surface area contributed by atoms with E-state index in [0.717, 1.165) is 41.4 Å². The van der Waals surface area contributed by atoms with Gasteiger partial charge in [0.1, 0.15) is 11.5 Å². The molecule has 0 atom stereocenters. The first-order valence-electron chi connectivity index (χ1n) is 9.12. The number of carbonyl (C=O) groups is 1. The summed E-state index contributed by atoms with van der Waals surface area (Å²) in [6.07, 6.45) is 1.72. The summed E-state index contributed by atoms with van der Waals surface area (Å²) in [5.41, 5.74) is 3.06. The summed E-state index contributed by atoms with van der Waals surface area (Å²) < 4.78 is 10.6. The van der Waals surface area contributed by atoms with Crippen LogP contribution in [0, 0.1) is 0 Å². The number of nitrogens with zero attached hydrogens (tertiary/aromatic N) is 2. The molecular formula is C22H26N2O3. The number of amides is 1. The molecule has 142 valence electrons. The molecule has 1 saturated heterocycles. The Bertz CT molecular complexity index is 807. The molecule has 0 radical (unpaired) electrons. The van der Waals surface area contributed by atoms with Crippen LogP contribution in [-0.2, 0) is 4.79 Å². The van der Waals surface area contributed by atoms with Crippen molar-refractivity contribution >= 4 is 17.2 Å². The van der Waals surface area contributed by atoms with Crippen molar-refractivity contribution in [2.24, 2.45) is 0 Å². The monoisotopic (exact) mass is 366 g/mol. The molecule has 27 heavy (non-hydrogen) atoms. The van der Waals surface area contributed by atoms with Crippen LogP contribution in [0.25, 0.3) is 5.57 Å². The summed E-state index contributed by atoms with van der Waals surface area (Å²) >= 11 is 0. The zero-order valence-electron chi connectivity index (χ0n) is 16.1. The number of allylic oxidation sites excluding steroid dienone is 1. The molecule has 0 unspecified atom stereocenters. The molecule has 0 aliphatic carbocycles. The highest BCUT2D eigenvalue weighted by atomic mass is 16.5. The molecular weight excluding hydrogens is 340 g/mol. The van der Waals surface area contributed by atoms with Crippen molar-refractivity contribution in [3.63, 3.8) is 0 Å². The standard InChI is InChI=1S/C22H26N2O3/c1-17(18-8-10-19(26-2)11-9-18)16-22(25)24-14-12-23(13-15-24)20-6-4-5-7-21(20)27-3/h4-11,16H,12-15H2,1-3H3/b17-16+. The summed E-state index contributed by atoms with van der Waals surface area (Å²) in [5, 5.41) is 0. The number of carbonyl (C=O) groups excluding carboxylic acids is 1. The highest BCUT2D eigenvalue weighted by Gasteiger charge is 2.22. The fourth-order valence-electron chi connectivity index (χ4n) is 3.27. The van der Waals surface area contributed by atoms with E-state index in [4.69, 9.17) is 9.47 Å². The van der Waals surface area contributed by atoms with Gasteiger partial charge in [0.05, 0.1) is 19.9 Å². The Hall–Kier alpha value is -2.95. The number of benzene rings is 2. The molecule has 0 saturated carbocycles. The number of para-hydroxylation sites is 2. The molecule has 3 rings (SSSR count). The first-order valence-corrected chi connectivity index (χ1v) is 9.12. The van der Waals surface area contributed by atoms with E-state index in [0.29, 0.717) is 13.1 Å². The number of anilines is 1. The predicted molar refractivity (Wildman–Crippen MR) is 108 cm³/mol. The van der Waals surface area contributed by atoms with Gasteiger partial charge in [-0.25, -0.2) is 0 Å². The fraction of sp³-hybridized carbons (Fsp3) is 0.318. The minimum absolute atomic E-state index is 0.0583. The second-order valence-electron chi connectivity index (χ2n) is 6.54. The Labute approximate surface area is 160 Å². The zero-order valence-corrected chi connectivity index (χ0v) is 16.1. The van der Waals surface area contributed by atoms with Crippen molar-refractivity contribution in [1.29, 1.82) is 0 Å². The summed E-state index contributed by atoms with van der Waals surface area (Å²) in [4.78, 5) is 16.8. The van der Waals surface area contributed by atoms with Crippen LogP contribution >= 0.6 is 0 Å². The number of methoxy groups -OCH3 is 2. The SMILES string of the molecule is COc1ccc(/C(C)=C/C(=O)N2CCN(c3ccccc3OC)CC2)cc1. The van der Waals surface area contributed by atoms with E-state index >= 15 is 0 Å². The van der Waals surface area contributed by atoms with Gasteiger partial charge in [-0.05, 0) is 42.3 Å². The number of hydrogen-bond donors (Lipinski definition) is 0. The van der Waals surface area contributed by atoms with E-state index in [2.05, 4.69) is 11.0 Å². The van der Waals surface area contributed by atoms with Crippen molar-refractivity contribution in [2.45, 2.75) is 6.92 Å². The van der Waals surface area contributed by atoms with Gasteiger partial charge in [0.2, 0.25) is 5.91 Å². The highest BCUT2D eigenvalue weighted by Crippen LogP contribution is 2.28. The average molecular weight is 366 g/mol. The van der Waals surface area contributed by atoms with Gasteiger partial charge in [-0.15, -0.1) is 0 Å². The molecule has 1 amide bonds. The van der Waals surface area contributed by atoms with Crippen LogP contribution < -0.4 is 14.4 Å². The van der Waals surface area contributed by atoms with Gasteiger partial charge in [-0.2, -0.15) is 0 Å². The molecule has 0 bridgehead atoms. The van der Waals surface area contributed by atoms with Crippen LogP contribution in [0.2, 0.25) is 0 Å². The molecule has 0 spiro atoms. The fourth-order valence-corrected chi connectivity index (χ4v) is 3.27. The Morgan fingerprint density at radius 3 is 2.22 bits per heavy atom. The van der Waals surface area contributed by atoms with E-state index in [1.54, 1.807) is 20.3 Å². The van der Waals surface area contributed by atoms with Crippen LogP contribution in [-0.4, -0.2) is 51.2 Å². The van der Waals surface area contributed by atoms with E-state index in [9.17, 15) is 4.79 Å². The van der Waals surface area contributed by atoms with Gasteiger partial charge in [0.25, 0.3) is 0 Å². The number of piperazine rings is 1. The van der Waals surface area contributed by atoms with Gasteiger partial charge in [0, 0.05) is 32.3 Å². The van der Waals surface area contributed by atoms with E-state index in [-0.39, 0.29) is 5.91 Å². The van der Waals surface area contributed by atoms with E-state index in [1.165, 1.54) is 0 Å². The molecule has 1 aliphatic heterocycles. The summed E-state index contributed by atoms with van der Waals surface area (Å²) in [7, 11) is 3.33. The minimum atomic E-state index is 0.0583. The van der Waals surface area contributed by atoms with Gasteiger partial charge in [0.15, 0.2) is 0 Å². The Balaban J connectivity index is 1.62. The van der Waals surface area contributed by atoms with Crippen LogP contribution in [0.15, 0.2) is 54.6 Å². The largest absolute Gasteiger partial charge is 0.497 e. The van der Waals surface area contributed by atoms with Crippen molar-refractivity contribution in [2.75, 3.05) is 45.3 Å². The van der Waals surface area contributed by atoms with Crippen LogP contribution in [0.4, 0.5) is 5.69 Å². The Morgan fingerprint density at radius 1 is 0.926 bits per heavy atom. The second kappa shape index (κ2) is 8.62. The van der Waals surface area contributed by atoms with Crippen LogP contribution in [0.5, 0.6) is 11.5 Å². The molecule has 0 aromatic heterocycles. The summed E-state index contributed by atoms with van der Waals surface area (Å²) in [6.45, 7) is 4.94. The molecule has 1 heterocycles. The Kier molecular flexibility index (Phi) is 6.01. The third-order valence-corrected chi connectivity index (χ3v) is 4.90. The maximum atomic E-state index is 12.7. The van der Waals surface area contributed by atoms with Crippen molar-refractivity contribution < 1.29 is 14.3 Å². The van der Waals surface area contributed by atoms with Crippen molar-refractivity contribution in [3.05, 3.63) is 60.2 Å². The number of rotatable bonds is 5. The lowest BCUT2D eigenvalue weighted by Gasteiger charge is -2.36. The minimum Gasteiger partial charge on any atom is -0.497 e. The highest BCUT2D eigenvalue weighted by molar-refractivity contribution is 5.95. The van der Waals surface area contributed by atoms with Gasteiger partial charge in [-0.1, -0.05) is 24.3 Å². The van der Waals surface area contributed by atoms with Gasteiger partial charge < -0.3 is 19.3 Å². The molecule has 2 aromatic rings. The quantitative estimate of drug-likeness (QED) is 0.760. The molecule has 2 aromatic carbocycles. The summed E-state index contributed by atoms with van der Waals surface area (Å²) in [5.74, 6) is 1.74. The molecule has 5 nitrogen and oxygen atoms in total. The third kappa shape index (κ3) is 4.42. The zero-order chi connectivity index (χ0) is 19.2. The van der Waals surface area contributed by atoms with Crippen molar-refractivity contribution in [3.8, 4) is 11.5 Å². The van der Waals surface area contributed by atoms with Gasteiger partial charge >= 0.3 is 0 Å². The van der Waals surface area contributed by atoms with Gasteiger partial charge in [-0.3, -0.25) is 4.79 Å². The molecule has 1 aliphatic rings. The first-order chi connectivity index (χ1) is 13.1. The van der Waals surface area contributed by atoms with E-state index in [1.807, 2.05) is 54.3 Å². The number of hydrogen-bond acceptors (Lipinski definition) is 4. The van der Waals surface area contributed by atoms with Crippen molar-refractivity contribution in [1.82, 2.24) is 4.90 Å². The maximum Gasteiger partial charge on any atom is 0.246 e. The lowest BCUT2D eigenvalue weighted by molar-refractivity contribution is -0.126. The topological polar surface area (TPSA) is 42.0 Å². The second-order valence-corrected chi connectivity index (χ2v) is 6.54. The first kappa shape index (κ1) is 18.8. The van der Waals surface area contributed by atoms with Crippen LogP contribution in [0.3, 0.4) is 0 Å². The third-order valence-electron chi connectivity index (χ3n) is 4.90. The smallest absolute Gasteiger partial charge is 0.246 e. The summed E-state index contributed by atoms with van der Waals surface area (Å²) in [6, 6.07) is 15.8. The van der Waals surface area contributed by atoms with E-state index < -0.39 is 0 Å². The normalized spacial score (nSPS) is 14.9. The molecule has 1 fully saturated rings. The average Bonchev–Trinajstić information content (AvgIpc) is 2.73. The number of ether oxygens (including phenoxy) is 2. The maximum absolute atomic E-state index is 12.7. The van der Waals surface area contributed by atoms with Crippen LogP contribution in [0.1, 0.15) is 12.5 Å². The molecule has 5 heteroatoms. The predicted octanol–water partition coefficient (Wildman–Crippen LogP) is 3.46. The molecule has 0 N–H and O–H groups in total. The lowest BCUT2D eigenvalue weighted by atomic mass is 10.1. The lowest BCUT2D eigenvalue weighted by Crippen LogP contribution is -2.48.